The second kappa shape index (κ2) is 10.4. The molecule has 0 saturated heterocycles. The van der Waals surface area contributed by atoms with Crippen molar-refractivity contribution in [1.82, 2.24) is 0 Å². The minimum Gasteiger partial charge on any atom is -0.204 e. The van der Waals surface area contributed by atoms with Crippen molar-refractivity contribution in [2.45, 2.75) is 64.2 Å². The number of rotatable bonds is 2. The van der Waals surface area contributed by atoms with E-state index >= 15 is 0 Å². The highest BCUT2D eigenvalue weighted by Crippen LogP contribution is 2.44. The number of hydrogen-bond donors (Lipinski definition) is 0. The van der Waals surface area contributed by atoms with Crippen LogP contribution in [-0.4, -0.2) is 6.66 Å². The molecule has 1 unspecified atom stereocenters. The Hall–Kier alpha value is -1.00. The Balaban J connectivity index is 0.000000552. The molecule has 0 spiro atoms. The van der Waals surface area contributed by atoms with E-state index in [4.69, 9.17) is 6.42 Å². The summed E-state index contributed by atoms with van der Waals surface area (Å²) in [5, 5.41) is 0. The first-order valence-electron chi connectivity index (χ1n) is 9.73. The molecule has 2 fully saturated rings. The van der Waals surface area contributed by atoms with E-state index in [1.54, 1.807) is 0 Å². The molecule has 3 rings (SSSR count). The Labute approximate surface area is 158 Å². The van der Waals surface area contributed by atoms with E-state index in [9.17, 15) is 13.2 Å². The summed E-state index contributed by atoms with van der Waals surface area (Å²) in [7, 11) is 0.668. The summed E-state index contributed by atoms with van der Waals surface area (Å²) in [6, 6.07) is 2.37. The largest absolute Gasteiger partial charge is 0.204 e. The van der Waals surface area contributed by atoms with Crippen LogP contribution in [0.1, 0.15) is 69.8 Å². The highest BCUT2D eigenvalue weighted by Gasteiger charge is 2.30. The Bertz CT molecular complexity index is 583. The SMILES string of the molecule is C#CPC.CC1CCC(C2CCC(c3cc(F)c(F)c(F)c3)CC2)CC1. The first kappa shape index (κ1) is 21.3. The summed E-state index contributed by atoms with van der Waals surface area (Å²) in [4.78, 5) is 0. The maximum Gasteiger partial charge on any atom is 0.194 e. The smallest absolute Gasteiger partial charge is 0.194 e. The van der Waals surface area contributed by atoms with Crippen LogP contribution in [0.25, 0.3) is 0 Å². The van der Waals surface area contributed by atoms with Gasteiger partial charge < -0.3 is 0 Å². The van der Waals surface area contributed by atoms with Crippen LogP contribution in [0.2, 0.25) is 0 Å². The molecular formula is C22H30F3P. The van der Waals surface area contributed by atoms with Gasteiger partial charge in [-0.15, -0.1) is 6.42 Å². The molecule has 1 aromatic carbocycles. The first-order chi connectivity index (χ1) is 12.5. The number of terminal acetylenes is 1. The molecule has 0 aromatic heterocycles. The van der Waals surface area contributed by atoms with Crippen molar-refractivity contribution in [2.75, 3.05) is 6.66 Å². The lowest BCUT2D eigenvalue weighted by Crippen LogP contribution is -2.24. The van der Waals surface area contributed by atoms with Crippen LogP contribution in [0.5, 0.6) is 0 Å². The topological polar surface area (TPSA) is 0 Å². The van der Waals surface area contributed by atoms with E-state index < -0.39 is 17.5 Å². The molecule has 0 amide bonds. The Morgan fingerprint density at radius 1 is 0.885 bits per heavy atom. The standard InChI is InChI=1S/C19H25F3.C3H5P/c1-12-2-4-13(5-3-12)14-6-8-15(9-7-14)16-10-17(20)19(22)18(21)11-16;1-3-4-2/h10-15H,2-9H2,1H3;1,4H,2H3. The maximum absolute atomic E-state index is 13.4. The Morgan fingerprint density at radius 2 is 1.31 bits per heavy atom. The third-order valence-corrected chi connectivity index (χ3v) is 6.41. The molecule has 0 nitrogen and oxygen atoms in total. The van der Waals surface area contributed by atoms with Crippen LogP contribution in [0.3, 0.4) is 0 Å². The number of benzene rings is 1. The summed E-state index contributed by atoms with van der Waals surface area (Å²) in [6.45, 7) is 4.31. The fraction of sp³-hybridized carbons (Fsp3) is 0.636. The van der Waals surface area contributed by atoms with Gasteiger partial charge in [-0.3, -0.25) is 0 Å². The molecule has 26 heavy (non-hydrogen) atoms. The molecule has 2 saturated carbocycles. The average Bonchev–Trinajstić information content (AvgIpc) is 2.66. The van der Waals surface area contributed by atoms with Crippen molar-refractivity contribution in [3.8, 4) is 12.1 Å². The van der Waals surface area contributed by atoms with E-state index in [1.807, 2.05) is 6.66 Å². The van der Waals surface area contributed by atoms with E-state index in [-0.39, 0.29) is 5.92 Å². The average molecular weight is 382 g/mol. The summed E-state index contributed by atoms with van der Waals surface area (Å²) in [5.41, 5.74) is 3.09. The molecule has 0 bridgehead atoms. The Kier molecular flexibility index (Phi) is 8.49. The molecule has 0 heterocycles. The minimum absolute atomic E-state index is 0.184. The maximum atomic E-state index is 13.4. The fourth-order valence-electron chi connectivity index (χ4n) is 4.49. The monoisotopic (exact) mass is 382 g/mol. The van der Waals surface area contributed by atoms with Gasteiger partial charge >= 0.3 is 0 Å². The molecule has 144 valence electrons. The molecule has 1 atom stereocenters. The highest BCUT2D eigenvalue weighted by atomic mass is 31.1. The van der Waals surface area contributed by atoms with Gasteiger partial charge in [0.25, 0.3) is 0 Å². The van der Waals surface area contributed by atoms with Gasteiger partial charge in [-0.25, -0.2) is 13.2 Å². The van der Waals surface area contributed by atoms with Gasteiger partial charge in [0.1, 0.15) is 0 Å². The van der Waals surface area contributed by atoms with Crippen molar-refractivity contribution < 1.29 is 13.2 Å². The zero-order valence-corrected chi connectivity index (χ0v) is 16.8. The normalized spacial score (nSPS) is 29.1. The summed E-state index contributed by atoms with van der Waals surface area (Å²) >= 11 is 0. The highest BCUT2D eigenvalue weighted by molar-refractivity contribution is 7.42. The zero-order chi connectivity index (χ0) is 19.1. The fourth-order valence-corrected chi connectivity index (χ4v) is 4.49. The van der Waals surface area contributed by atoms with Crippen molar-refractivity contribution in [1.29, 1.82) is 0 Å². The van der Waals surface area contributed by atoms with Crippen molar-refractivity contribution >= 4 is 8.58 Å². The second-order valence-electron chi connectivity index (χ2n) is 7.82. The second-order valence-corrected chi connectivity index (χ2v) is 8.61. The van der Waals surface area contributed by atoms with Gasteiger partial charge in [0, 0.05) is 0 Å². The van der Waals surface area contributed by atoms with E-state index in [0.29, 0.717) is 14.1 Å². The van der Waals surface area contributed by atoms with Gasteiger partial charge in [0.15, 0.2) is 17.5 Å². The van der Waals surface area contributed by atoms with Gasteiger partial charge in [0.2, 0.25) is 0 Å². The molecular weight excluding hydrogens is 352 g/mol. The third-order valence-electron chi connectivity index (χ3n) is 6.12. The molecule has 1 aromatic rings. The lowest BCUT2D eigenvalue weighted by atomic mass is 9.68. The first-order valence-corrected chi connectivity index (χ1v) is 11.2. The van der Waals surface area contributed by atoms with E-state index in [2.05, 4.69) is 12.6 Å². The van der Waals surface area contributed by atoms with Crippen LogP contribution in [-0.2, 0) is 0 Å². The number of halogens is 3. The van der Waals surface area contributed by atoms with E-state index in [0.717, 1.165) is 43.4 Å². The molecule has 0 aliphatic heterocycles. The zero-order valence-electron chi connectivity index (χ0n) is 15.8. The van der Waals surface area contributed by atoms with Crippen LogP contribution >= 0.6 is 8.58 Å². The predicted octanol–water partition coefficient (Wildman–Crippen LogP) is 7.09. The third kappa shape index (κ3) is 5.75. The van der Waals surface area contributed by atoms with Gasteiger partial charge in [-0.05, 0) is 95.1 Å². The van der Waals surface area contributed by atoms with Crippen LogP contribution in [0.4, 0.5) is 13.2 Å². The van der Waals surface area contributed by atoms with Gasteiger partial charge in [-0.1, -0.05) is 25.4 Å². The van der Waals surface area contributed by atoms with Gasteiger partial charge in [0.05, 0.1) is 0 Å². The number of hydrogen-bond acceptors (Lipinski definition) is 0. The summed E-state index contributed by atoms with van der Waals surface area (Å²) in [5.74, 6) is -0.788. The minimum atomic E-state index is -1.35. The van der Waals surface area contributed by atoms with E-state index in [1.165, 1.54) is 37.8 Å². The van der Waals surface area contributed by atoms with Crippen LogP contribution in [0.15, 0.2) is 12.1 Å². The summed E-state index contributed by atoms with van der Waals surface area (Å²) < 4.78 is 39.8. The molecule has 0 N–H and O–H groups in total. The molecule has 2 aliphatic carbocycles. The quantitative estimate of drug-likeness (QED) is 0.291. The lowest BCUT2D eigenvalue weighted by molar-refractivity contribution is 0.165. The lowest BCUT2D eigenvalue weighted by Gasteiger charge is -2.37. The van der Waals surface area contributed by atoms with Crippen molar-refractivity contribution in [3.63, 3.8) is 0 Å². The van der Waals surface area contributed by atoms with Crippen LogP contribution < -0.4 is 0 Å². The Morgan fingerprint density at radius 3 is 1.73 bits per heavy atom. The van der Waals surface area contributed by atoms with Crippen molar-refractivity contribution in [2.24, 2.45) is 17.8 Å². The summed E-state index contributed by atoms with van der Waals surface area (Å²) in [6.07, 6.45) is 14.4. The van der Waals surface area contributed by atoms with Crippen LogP contribution in [0, 0.1) is 47.3 Å². The van der Waals surface area contributed by atoms with Crippen molar-refractivity contribution in [3.05, 3.63) is 35.1 Å². The molecule has 2 aliphatic rings. The predicted molar refractivity (Wildman–Crippen MR) is 105 cm³/mol. The van der Waals surface area contributed by atoms with Gasteiger partial charge in [-0.2, -0.15) is 0 Å². The molecule has 4 heteroatoms. The molecule has 0 radical (unpaired) electrons.